The molecule has 30 heavy (non-hydrogen) atoms. The number of hydrogen-bond acceptors (Lipinski definition) is 4. The van der Waals surface area contributed by atoms with Crippen molar-refractivity contribution < 1.29 is 9.47 Å². The predicted molar refractivity (Wildman–Crippen MR) is 133 cm³/mol. The van der Waals surface area contributed by atoms with Gasteiger partial charge in [-0.05, 0) is 57.4 Å². The Kier molecular flexibility index (Phi) is 11.8. The topological polar surface area (TPSA) is 72.7 Å². The minimum Gasteiger partial charge on any atom is -0.491 e. The summed E-state index contributed by atoms with van der Waals surface area (Å²) in [6, 6.07) is 8.27. The zero-order valence-corrected chi connectivity index (χ0v) is 21.3. The molecule has 8 heteroatoms. The number of methoxy groups -OCH3 is 1. The molecule has 1 heterocycles. The summed E-state index contributed by atoms with van der Waals surface area (Å²) >= 11 is 0. The summed E-state index contributed by atoms with van der Waals surface area (Å²) in [5.41, 5.74) is 4.74. The molecule has 0 amide bonds. The van der Waals surface area contributed by atoms with Crippen LogP contribution in [0.15, 0.2) is 29.3 Å². The van der Waals surface area contributed by atoms with Gasteiger partial charge in [0.2, 0.25) is 0 Å². The highest BCUT2D eigenvalue weighted by Gasteiger charge is 2.14. The molecule has 2 aromatic rings. The molecule has 1 unspecified atom stereocenters. The van der Waals surface area contributed by atoms with Crippen LogP contribution in [0.25, 0.3) is 0 Å². The molecule has 0 aliphatic heterocycles. The molecule has 7 nitrogen and oxygen atoms in total. The quantitative estimate of drug-likeness (QED) is 0.214. The Balaban J connectivity index is 0.00000450. The van der Waals surface area contributed by atoms with Crippen LogP contribution in [0.2, 0.25) is 0 Å². The second-order valence-electron chi connectivity index (χ2n) is 7.20. The zero-order chi connectivity index (χ0) is 21.2. The lowest BCUT2D eigenvalue weighted by molar-refractivity contribution is 0.146. The molecule has 0 saturated carbocycles. The van der Waals surface area contributed by atoms with Gasteiger partial charge < -0.3 is 20.1 Å². The van der Waals surface area contributed by atoms with Crippen molar-refractivity contribution >= 4 is 29.9 Å². The van der Waals surface area contributed by atoms with Gasteiger partial charge in [0.15, 0.2) is 5.96 Å². The molecule has 168 valence electrons. The van der Waals surface area contributed by atoms with E-state index in [4.69, 9.17) is 14.5 Å². The molecule has 0 aliphatic rings. The molecule has 0 spiro atoms. The first-order valence-corrected chi connectivity index (χ1v) is 10.2. The van der Waals surface area contributed by atoms with Crippen molar-refractivity contribution in [3.63, 3.8) is 0 Å². The maximum Gasteiger partial charge on any atom is 0.191 e. The Bertz CT molecular complexity index is 790. The van der Waals surface area contributed by atoms with Crippen LogP contribution in [-0.4, -0.2) is 48.7 Å². The van der Waals surface area contributed by atoms with Crippen LogP contribution in [0.4, 0.5) is 0 Å². The van der Waals surface area contributed by atoms with Gasteiger partial charge in [0.05, 0.1) is 18.8 Å². The van der Waals surface area contributed by atoms with Crippen molar-refractivity contribution in [2.75, 3.05) is 26.9 Å². The normalized spacial score (nSPS) is 12.3. The molecule has 0 aliphatic carbocycles. The molecule has 1 aromatic heterocycles. The molecule has 0 fully saturated rings. The highest BCUT2D eigenvalue weighted by molar-refractivity contribution is 14.0. The minimum absolute atomic E-state index is 0. The van der Waals surface area contributed by atoms with Gasteiger partial charge in [0.1, 0.15) is 12.4 Å². The SMILES string of the molecule is CCNC(=NCc1ccc(OCCOC)cc1)NC(C)Cc1c(C)nn(C)c1C.I. The fraction of sp³-hybridized carbons (Fsp3) is 0.545. The third-order valence-corrected chi connectivity index (χ3v) is 4.80. The summed E-state index contributed by atoms with van der Waals surface area (Å²) < 4.78 is 12.5. The van der Waals surface area contributed by atoms with Crippen LogP contribution in [0.5, 0.6) is 5.75 Å². The number of aliphatic imine (C=N–C) groups is 1. The van der Waals surface area contributed by atoms with Crippen LogP contribution in [0.3, 0.4) is 0 Å². The van der Waals surface area contributed by atoms with E-state index in [0.717, 1.165) is 35.9 Å². The molecule has 0 bridgehead atoms. The van der Waals surface area contributed by atoms with Gasteiger partial charge >= 0.3 is 0 Å². The van der Waals surface area contributed by atoms with Gasteiger partial charge in [0, 0.05) is 32.4 Å². The van der Waals surface area contributed by atoms with Crippen molar-refractivity contribution in [3.8, 4) is 5.75 Å². The average Bonchev–Trinajstić information content (AvgIpc) is 2.93. The highest BCUT2D eigenvalue weighted by Crippen LogP contribution is 2.15. The smallest absolute Gasteiger partial charge is 0.191 e. The molecule has 2 N–H and O–H groups in total. The van der Waals surface area contributed by atoms with Gasteiger partial charge in [0.25, 0.3) is 0 Å². The number of rotatable bonds is 10. The number of hydrogen-bond donors (Lipinski definition) is 2. The molecule has 2 rings (SSSR count). The minimum atomic E-state index is 0. The second kappa shape index (κ2) is 13.5. The Morgan fingerprint density at radius 1 is 1.20 bits per heavy atom. The third kappa shape index (κ3) is 8.14. The lowest BCUT2D eigenvalue weighted by Gasteiger charge is -2.18. The predicted octanol–water partition coefficient (Wildman–Crippen LogP) is 3.37. The summed E-state index contributed by atoms with van der Waals surface area (Å²) in [4.78, 5) is 4.73. The van der Waals surface area contributed by atoms with Crippen LogP contribution >= 0.6 is 24.0 Å². The Labute approximate surface area is 197 Å². The number of benzene rings is 1. The van der Waals surface area contributed by atoms with Gasteiger partial charge in [-0.15, -0.1) is 24.0 Å². The Morgan fingerprint density at radius 2 is 1.90 bits per heavy atom. The van der Waals surface area contributed by atoms with Crippen molar-refractivity contribution in [1.82, 2.24) is 20.4 Å². The first-order valence-electron chi connectivity index (χ1n) is 10.2. The van der Waals surface area contributed by atoms with E-state index in [1.54, 1.807) is 7.11 Å². The Morgan fingerprint density at radius 3 is 2.47 bits per heavy atom. The van der Waals surface area contributed by atoms with E-state index in [-0.39, 0.29) is 30.0 Å². The van der Waals surface area contributed by atoms with Crippen molar-refractivity contribution in [1.29, 1.82) is 0 Å². The maximum atomic E-state index is 5.60. The third-order valence-electron chi connectivity index (χ3n) is 4.80. The molecule has 0 radical (unpaired) electrons. The molecule has 0 saturated heterocycles. The van der Waals surface area contributed by atoms with Crippen LogP contribution in [-0.2, 0) is 24.8 Å². The lowest BCUT2D eigenvalue weighted by Crippen LogP contribution is -2.43. The van der Waals surface area contributed by atoms with Crippen molar-refractivity contribution in [2.45, 2.75) is 46.7 Å². The van der Waals surface area contributed by atoms with E-state index in [2.05, 4.69) is 43.4 Å². The molecule has 1 atom stereocenters. The summed E-state index contributed by atoms with van der Waals surface area (Å²) in [5.74, 6) is 1.66. The summed E-state index contributed by atoms with van der Waals surface area (Å²) in [6.45, 7) is 11.0. The summed E-state index contributed by atoms with van der Waals surface area (Å²) in [6.07, 6.45) is 0.906. The summed E-state index contributed by atoms with van der Waals surface area (Å²) in [5, 5.41) is 11.3. The standard InChI is InChI=1S/C22H35N5O2.HI/c1-7-23-22(25-16(2)14-21-17(3)26-27(5)18(21)4)24-15-19-8-10-20(11-9-19)29-13-12-28-6;/h8-11,16H,7,12-15H2,1-6H3,(H2,23,24,25);1H. The van der Waals surface area contributed by atoms with Gasteiger partial charge in [-0.1, -0.05) is 12.1 Å². The lowest BCUT2D eigenvalue weighted by atomic mass is 10.1. The monoisotopic (exact) mass is 529 g/mol. The summed E-state index contributed by atoms with van der Waals surface area (Å²) in [7, 11) is 3.66. The molecular weight excluding hydrogens is 493 g/mol. The number of ether oxygens (including phenoxy) is 2. The number of nitrogens with one attached hydrogen (secondary N) is 2. The van der Waals surface area contributed by atoms with Crippen LogP contribution in [0, 0.1) is 13.8 Å². The van der Waals surface area contributed by atoms with E-state index in [1.165, 1.54) is 11.3 Å². The van der Waals surface area contributed by atoms with Crippen LogP contribution in [0.1, 0.15) is 36.4 Å². The number of aromatic nitrogens is 2. The zero-order valence-electron chi connectivity index (χ0n) is 19.0. The van der Waals surface area contributed by atoms with Gasteiger partial charge in [-0.3, -0.25) is 4.68 Å². The molecule has 1 aromatic carbocycles. The number of guanidine groups is 1. The number of nitrogens with zero attached hydrogens (tertiary/aromatic N) is 3. The maximum absolute atomic E-state index is 5.60. The van der Waals surface area contributed by atoms with Gasteiger partial charge in [-0.25, -0.2) is 4.99 Å². The van der Waals surface area contributed by atoms with E-state index >= 15 is 0 Å². The van der Waals surface area contributed by atoms with E-state index in [1.807, 2.05) is 36.0 Å². The largest absolute Gasteiger partial charge is 0.491 e. The second-order valence-corrected chi connectivity index (χ2v) is 7.20. The van der Waals surface area contributed by atoms with Gasteiger partial charge in [-0.2, -0.15) is 5.10 Å². The Hall–Kier alpha value is -1.81. The van der Waals surface area contributed by atoms with Crippen molar-refractivity contribution in [3.05, 3.63) is 46.8 Å². The van der Waals surface area contributed by atoms with Crippen LogP contribution < -0.4 is 15.4 Å². The number of aryl methyl sites for hydroxylation is 2. The molecular formula is C22H36IN5O2. The number of halogens is 1. The van der Waals surface area contributed by atoms with Crippen molar-refractivity contribution in [2.24, 2.45) is 12.0 Å². The van der Waals surface area contributed by atoms with E-state index in [0.29, 0.717) is 19.8 Å². The first kappa shape index (κ1) is 26.2. The fourth-order valence-electron chi connectivity index (χ4n) is 3.13. The fourth-order valence-corrected chi connectivity index (χ4v) is 3.13. The van der Waals surface area contributed by atoms with E-state index < -0.39 is 0 Å². The van der Waals surface area contributed by atoms with E-state index in [9.17, 15) is 0 Å². The average molecular weight is 529 g/mol. The first-order chi connectivity index (χ1) is 13.9. The highest BCUT2D eigenvalue weighted by atomic mass is 127.